The Bertz CT molecular complexity index is 602. The average Bonchev–Trinajstić information content (AvgIpc) is 3.04. The summed E-state index contributed by atoms with van der Waals surface area (Å²) < 4.78 is 5.26. The minimum atomic E-state index is -0.644. The highest BCUT2D eigenvalue weighted by atomic mass is 16.5. The van der Waals surface area contributed by atoms with E-state index in [1.807, 2.05) is 25.1 Å². The van der Waals surface area contributed by atoms with E-state index in [4.69, 9.17) is 4.74 Å². The Morgan fingerprint density at radius 1 is 1.52 bits per heavy atom. The summed E-state index contributed by atoms with van der Waals surface area (Å²) in [6.45, 7) is 3.45. The number of rotatable bonds is 2. The van der Waals surface area contributed by atoms with E-state index >= 15 is 0 Å². The summed E-state index contributed by atoms with van der Waals surface area (Å²) in [5.74, 6) is 0.693. The van der Waals surface area contributed by atoms with Crippen LogP contribution in [0, 0.1) is 0 Å². The Morgan fingerprint density at radius 2 is 2.33 bits per heavy atom. The molecule has 1 fully saturated rings. The summed E-state index contributed by atoms with van der Waals surface area (Å²) in [6, 6.07) is 5.47. The first-order chi connectivity index (χ1) is 10.1. The fourth-order valence-electron chi connectivity index (χ4n) is 3.17. The van der Waals surface area contributed by atoms with Crippen molar-refractivity contribution in [3.63, 3.8) is 0 Å². The maximum absolute atomic E-state index is 12.5. The monoisotopic (exact) mass is 289 g/mol. The zero-order valence-electron chi connectivity index (χ0n) is 12.2. The number of nitrogens with one attached hydrogen (secondary N) is 2. The van der Waals surface area contributed by atoms with Crippen molar-refractivity contribution in [2.24, 2.45) is 0 Å². The van der Waals surface area contributed by atoms with Crippen LogP contribution in [-0.2, 0) is 10.2 Å². The summed E-state index contributed by atoms with van der Waals surface area (Å²) >= 11 is 0. The predicted molar refractivity (Wildman–Crippen MR) is 78.6 cm³/mol. The minimum Gasteiger partial charge on any atom is -0.497 e. The lowest BCUT2D eigenvalue weighted by atomic mass is 9.81. The molecule has 6 heteroatoms. The second-order valence-electron chi connectivity index (χ2n) is 5.45. The predicted octanol–water partition coefficient (Wildman–Crippen LogP) is 1.32. The number of methoxy groups -OCH3 is 1. The first kappa shape index (κ1) is 13.7. The molecule has 2 aliphatic rings. The molecule has 0 radical (unpaired) electrons. The number of benzene rings is 1. The SMILES string of the molecule is CCNC(=O)N1CC[C@]2(C1)C(=O)Nc1ccc(OC)cc12. The molecule has 3 rings (SSSR count). The molecule has 0 bridgehead atoms. The van der Waals surface area contributed by atoms with Crippen LogP contribution in [0.15, 0.2) is 18.2 Å². The van der Waals surface area contributed by atoms with Gasteiger partial charge in [0.1, 0.15) is 5.75 Å². The quantitative estimate of drug-likeness (QED) is 0.862. The van der Waals surface area contributed by atoms with E-state index in [9.17, 15) is 9.59 Å². The molecule has 3 amide bonds. The summed E-state index contributed by atoms with van der Waals surface area (Å²) in [5.41, 5.74) is 1.10. The molecule has 1 atom stereocenters. The molecule has 2 heterocycles. The fraction of sp³-hybridized carbons (Fsp3) is 0.467. The number of fused-ring (bicyclic) bond motifs is 2. The van der Waals surface area contributed by atoms with Gasteiger partial charge in [0, 0.05) is 25.3 Å². The van der Waals surface area contributed by atoms with E-state index in [-0.39, 0.29) is 11.9 Å². The highest BCUT2D eigenvalue weighted by Crippen LogP contribution is 2.45. The van der Waals surface area contributed by atoms with Crippen LogP contribution in [0.2, 0.25) is 0 Å². The van der Waals surface area contributed by atoms with E-state index in [0.29, 0.717) is 26.1 Å². The van der Waals surface area contributed by atoms with Gasteiger partial charge in [0.25, 0.3) is 0 Å². The molecule has 1 spiro atoms. The van der Waals surface area contributed by atoms with Crippen LogP contribution in [0.25, 0.3) is 0 Å². The zero-order valence-corrected chi connectivity index (χ0v) is 12.2. The minimum absolute atomic E-state index is 0.0300. The summed E-state index contributed by atoms with van der Waals surface area (Å²) in [6.07, 6.45) is 0.635. The van der Waals surface area contributed by atoms with Crippen LogP contribution in [0.1, 0.15) is 18.9 Å². The Kier molecular flexibility index (Phi) is 3.23. The van der Waals surface area contributed by atoms with Crippen LogP contribution in [-0.4, -0.2) is 43.6 Å². The Labute approximate surface area is 123 Å². The van der Waals surface area contributed by atoms with Gasteiger partial charge in [-0.25, -0.2) is 4.79 Å². The van der Waals surface area contributed by atoms with Gasteiger partial charge < -0.3 is 20.3 Å². The first-order valence-electron chi connectivity index (χ1n) is 7.13. The number of amides is 3. The molecule has 6 nitrogen and oxygen atoms in total. The zero-order chi connectivity index (χ0) is 15.0. The standard InChI is InChI=1S/C15H19N3O3/c1-3-16-14(20)18-7-6-15(9-18)11-8-10(21-2)4-5-12(11)17-13(15)19/h4-5,8H,3,6-7,9H2,1-2H3,(H,16,20)(H,17,19)/t15-/m1/s1. The van der Waals surface area contributed by atoms with Gasteiger partial charge in [0.15, 0.2) is 0 Å². The van der Waals surface area contributed by atoms with Gasteiger partial charge in [0.2, 0.25) is 5.91 Å². The molecule has 2 N–H and O–H groups in total. The van der Waals surface area contributed by atoms with Crippen molar-refractivity contribution in [3.05, 3.63) is 23.8 Å². The van der Waals surface area contributed by atoms with E-state index in [0.717, 1.165) is 17.0 Å². The Morgan fingerprint density at radius 3 is 3.05 bits per heavy atom. The third-order valence-electron chi connectivity index (χ3n) is 4.31. The van der Waals surface area contributed by atoms with Crippen molar-refractivity contribution in [1.82, 2.24) is 10.2 Å². The van der Waals surface area contributed by atoms with Crippen molar-refractivity contribution >= 4 is 17.6 Å². The Balaban J connectivity index is 1.93. The third-order valence-corrected chi connectivity index (χ3v) is 4.31. The van der Waals surface area contributed by atoms with Gasteiger partial charge in [0.05, 0.1) is 12.5 Å². The van der Waals surface area contributed by atoms with E-state index in [1.54, 1.807) is 12.0 Å². The number of hydrogen-bond donors (Lipinski definition) is 2. The van der Waals surface area contributed by atoms with Gasteiger partial charge in [-0.1, -0.05) is 0 Å². The number of anilines is 1. The van der Waals surface area contributed by atoms with E-state index < -0.39 is 5.41 Å². The summed E-state index contributed by atoms with van der Waals surface area (Å²) in [5, 5.41) is 5.71. The lowest BCUT2D eigenvalue weighted by molar-refractivity contribution is -0.120. The van der Waals surface area contributed by atoms with Gasteiger partial charge in [-0.3, -0.25) is 4.79 Å². The number of hydrogen-bond acceptors (Lipinski definition) is 3. The normalized spacial score (nSPS) is 23.1. The molecule has 2 aliphatic heterocycles. The van der Waals surface area contributed by atoms with Crippen LogP contribution < -0.4 is 15.4 Å². The average molecular weight is 289 g/mol. The number of likely N-dealkylation sites (tertiary alicyclic amines) is 1. The number of ether oxygens (including phenoxy) is 1. The molecular weight excluding hydrogens is 270 g/mol. The maximum atomic E-state index is 12.5. The molecule has 21 heavy (non-hydrogen) atoms. The third kappa shape index (κ3) is 2.02. The van der Waals surface area contributed by atoms with Crippen LogP contribution in [0.4, 0.5) is 10.5 Å². The lowest BCUT2D eigenvalue weighted by Gasteiger charge is -2.23. The van der Waals surface area contributed by atoms with Crippen LogP contribution >= 0.6 is 0 Å². The summed E-state index contributed by atoms with van der Waals surface area (Å²) in [7, 11) is 1.61. The molecule has 112 valence electrons. The van der Waals surface area contributed by atoms with Crippen molar-refractivity contribution in [3.8, 4) is 5.75 Å². The molecule has 0 aromatic heterocycles. The molecule has 1 aromatic carbocycles. The number of urea groups is 1. The number of carbonyl (C=O) groups is 2. The highest BCUT2D eigenvalue weighted by molar-refractivity contribution is 6.07. The Hall–Kier alpha value is -2.24. The van der Waals surface area contributed by atoms with E-state index in [2.05, 4.69) is 10.6 Å². The molecule has 0 unspecified atom stereocenters. The number of nitrogens with zero attached hydrogens (tertiary/aromatic N) is 1. The summed E-state index contributed by atoms with van der Waals surface area (Å²) in [4.78, 5) is 26.2. The van der Waals surface area contributed by atoms with Crippen LogP contribution in [0.5, 0.6) is 5.75 Å². The first-order valence-corrected chi connectivity index (χ1v) is 7.13. The maximum Gasteiger partial charge on any atom is 0.317 e. The smallest absolute Gasteiger partial charge is 0.317 e. The van der Waals surface area contributed by atoms with Gasteiger partial charge in [-0.05, 0) is 37.1 Å². The molecule has 0 saturated carbocycles. The van der Waals surface area contributed by atoms with Gasteiger partial charge in [-0.15, -0.1) is 0 Å². The highest BCUT2D eigenvalue weighted by Gasteiger charge is 2.52. The molecule has 1 aromatic rings. The second-order valence-corrected chi connectivity index (χ2v) is 5.45. The second kappa shape index (κ2) is 4.95. The lowest BCUT2D eigenvalue weighted by Crippen LogP contribution is -2.43. The molecular formula is C15H19N3O3. The topological polar surface area (TPSA) is 70.7 Å². The van der Waals surface area contributed by atoms with Crippen molar-refractivity contribution in [2.45, 2.75) is 18.8 Å². The molecule has 0 aliphatic carbocycles. The van der Waals surface area contributed by atoms with Gasteiger partial charge in [-0.2, -0.15) is 0 Å². The van der Waals surface area contributed by atoms with Crippen LogP contribution in [0.3, 0.4) is 0 Å². The fourth-order valence-corrected chi connectivity index (χ4v) is 3.17. The van der Waals surface area contributed by atoms with E-state index in [1.165, 1.54) is 0 Å². The molecule has 1 saturated heterocycles. The van der Waals surface area contributed by atoms with Crippen molar-refractivity contribution in [2.75, 3.05) is 32.1 Å². The van der Waals surface area contributed by atoms with Crippen molar-refractivity contribution < 1.29 is 14.3 Å². The number of carbonyl (C=O) groups excluding carboxylic acids is 2. The van der Waals surface area contributed by atoms with Crippen molar-refractivity contribution in [1.29, 1.82) is 0 Å². The largest absolute Gasteiger partial charge is 0.497 e. The van der Waals surface area contributed by atoms with Gasteiger partial charge >= 0.3 is 6.03 Å².